The molecule has 0 aromatic heterocycles. The van der Waals surface area contributed by atoms with E-state index < -0.39 is 17.5 Å². The molecule has 0 unspecified atom stereocenters. The van der Waals surface area contributed by atoms with Crippen molar-refractivity contribution in [1.82, 2.24) is 0 Å². The summed E-state index contributed by atoms with van der Waals surface area (Å²) >= 11 is 5.97. The molecule has 0 atom stereocenters. The Balaban J connectivity index is 2.24. The van der Waals surface area contributed by atoms with E-state index in [0.29, 0.717) is 18.6 Å². The summed E-state index contributed by atoms with van der Waals surface area (Å²) in [6.07, 6.45) is 4.47. The molecule has 1 nitrogen and oxygen atoms in total. The summed E-state index contributed by atoms with van der Waals surface area (Å²) < 4.78 is 48.4. The Kier molecular flexibility index (Phi) is 7.18. The summed E-state index contributed by atoms with van der Waals surface area (Å²) in [5.41, 5.74) is 0.391. The molecule has 0 radical (unpaired) electrons. The van der Waals surface area contributed by atoms with E-state index in [4.69, 9.17) is 16.3 Å². The maximum absolute atomic E-state index is 14.4. The SMILES string of the molecule is CCCCCCOc1ccc(-c2ccc(CC)c(Cl)c2F)c(F)c1F. The summed E-state index contributed by atoms with van der Waals surface area (Å²) in [6.45, 7) is 4.25. The van der Waals surface area contributed by atoms with Crippen LogP contribution in [0.2, 0.25) is 5.02 Å². The van der Waals surface area contributed by atoms with Crippen LogP contribution in [0.4, 0.5) is 13.2 Å². The van der Waals surface area contributed by atoms with Crippen molar-refractivity contribution < 1.29 is 17.9 Å². The lowest BCUT2D eigenvalue weighted by atomic mass is 10.0. The van der Waals surface area contributed by atoms with Crippen LogP contribution in [0.3, 0.4) is 0 Å². The molecule has 0 aliphatic carbocycles. The molecule has 0 amide bonds. The average molecular weight is 371 g/mol. The lowest BCUT2D eigenvalue weighted by molar-refractivity contribution is 0.285. The second kappa shape index (κ2) is 9.14. The zero-order valence-electron chi connectivity index (χ0n) is 14.5. The largest absolute Gasteiger partial charge is 0.490 e. The zero-order valence-corrected chi connectivity index (χ0v) is 15.2. The first-order valence-corrected chi connectivity index (χ1v) is 8.97. The minimum absolute atomic E-state index is 0.0592. The molecule has 0 saturated carbocycles. The van der Waals surface area contributed by atoms with Crippen molar-refractivity contribution in [3.8, 4) is 16.9 Å². The van der Waals surface area contributed by atoms with Gasteiger partial charge in [-0.1, -0.05) is 56.8 Å². The molecule has 0 heterocycles. The fourth-order valence-corrected chi connectivity index (χ4v) is 2.93. The van der Waals surface area contributed by atoms with Gasteiger partial charge in [0.15, 0.2) is 11.6 Å². The molecule has 0 bridgehead atoms. The highest BCUT2D eigenvalue weighted by Crippen LogP contribution is 2.35. The van der Waals surface area contributed by atoms with Crippen molar-refractivity contribution in [3.05, 3.63) is 52.3 Å². The van der Waals surface area contributed by atoms with E-state index in [1.165, 1.54) is 18.2 Å². The number of benzene rings is 2. The van der Waals surface area contributed by atoms with Crippen LogP contribution >= 0.6 is 11.6 Å². The van der Waals surface area contributed by atoms with E-state index in [1.807, 2.05) is 6.92 Å². The Bertz CT molecular complexity index is 731. The molecule has 2 aromatic rings. The Morgan fingerprint density at radius 2 is 1.52 bits per heavy atom. The predicted molar refractivity (Wildman–Crippen MR) is 95.8 cm³/mol. The third-order valence-corrected chi connectivity index (χ3v) is 4.54. The molecular formula is C20H22ClF3O. The van der Waals surface area contributed by atoms with Gasteiger partial charge in [-0.05, 0) is 30.5 Å². The van der Waals surface area contributed by atoms with Crippen LogP contribution in [0.25, 0.3) is 11.1 Å². The van der Waals surface area contributed by atoms with E-state index in [1.54, 1.807) is 6.07 Å². The average Bonchev–Trinajstić information content (AvgIpc) is 2.61. The van der Waals surface area contributed by atoms with Crippen molar-refractivity contribution in [2.45, 2.75) is 46.0 Å². The molecular weight excluding hydrogens is 349 g/mol. The van der Waals surface area contributed by atoms with E-state index in [2.05, 4.69) is 6.92 Å². The zero-order chi connectivity index (χ0) is 18.4. The van der Waals surface area contributed by atoms with Crippen LogP contribution in [0, 0.1) is 17.5 Å². The van der Waals surface area contributed by atoms with E-state index >= 15 is 0 Å². The van der Waals surface area contributed by atoms with Crippen LogP contribution < -0.4 is 4.74 Å². The molecule has 0 aliphatic heterocycles. The fraction of sp³-hybridized carbons (Fsp3) is 0.400. The quantitative estimate of drug-likeness (QED) is 0.457. The second-order valence-corrected chi connectivity index (χ2v) is 6.28. The van der Waals surface area contributed by atoms with Crippen LogP contribution in [0.15, 0.2) is 24.3 Å². The van der Waals surface area contributed by atoms with Gasteiger partial charge in [0.2, 0.25) is 5.82 Å². The number of rotatable bonds is 8. The summed E-state index contributed by atoms with van der Waals surface area (Å²) in [6, 6.07) is 5.69. The highest BCUT2D eigenvalue weighted by molar-refractivity contribution is 6.31. The topological polar surface area (TPSA) is 9.23 Å². The minimum Gasteiger partial charge on any atom is -0.490 e. The van der Waals surface area contributed by atoms with Gasteiger partial charge in [-0.25, -0.2) is 8.78 Å². The second-order valence-electron chi connectivity index (χ2n) is 5.90. The molecule has 5 heteroatoms. The van der Waals surface area contributed by atoms with E-state index in [9.17, 15) is 13.2 Å². The van der Waals surface area contributed by atoms with Crippen molar-refractivity contribution in [1.29, 1.82) is 0 Å². The lowest BCUT2D eigenvalue weighted by Crippen LogP contribution is -2.02. The molecule has 0 fully saturated rings. The lowest BCUT2D eigenvalue weighted by Gasteiger charge is -2.12. The number of hydrogen-bond acceptors (Lipinski definition) is 1. The maximum Gasteiger partial charge on any atom is 0.201 e. The smallest absolute Gasteiger partial charge is 0.201 e. The van der Waals surface area contributed by atoms with Crippen LogP contribution in [-0.2, 0) is 6.42 Å². The maximum atomic E-state index is 14.4. The minimum atomic E-state index is -1.13. The van der Waals surface area contributed by atoms with Gasteiger partial charge in [-0.3, -0.25) is 0 Å². The summed E-state index contributed by atoms with van der Waals surface area (Å²) in [5, 5.41) is -0.0592. The van der Waals surface area contributed by atoms with Gasteiger partial charge >= 0.3 is 0 Å². The fourth-order valence-electron chi connectivity index (χ4n) is 2.63. The molecule has 2 aromatic carbocycles. The van der Waals surface area contributed by atoms with Gasteiger partial charge in [0.05, 0.1) is 11.6 Å². The molecule has 0 spiro atoms. The molecule has 25 heavy (non-hydrogen) atoms. The molecule has 0 saturated heterocycles. The van der Waals surface area contributed by atoms with Crippen molar-refractivity contribution in [2.24, 2.45) is 0 Å². The van der Waals surface area contributed by atoms with Crippen molar-refractivity contribution in [2.75, 3.05) is 6.61 Å². The molecule has 0 N–H and O–H groups in total. The highest BCUT2D eigenvalue weighted by atomic mass is 35.5. The monoisotopic (exact) mass is 370 g/mol. The standard InChI is InChI=1S/C20H22ClF3O/c1-3-5-6-7-12-25-16-11-10-15(19(23)20(16)24)14-9-8-13(4-2)17(21)18(14)22/h8-11H,3-7,12H2,1-2H3. The summed E-state index contributed by atoms with van der Waals surface area (Å²) in [4.78, 5) is 0. The van der Waals surface area contributed by atoms with Gasteiger partial charge in [-0.15, -0.1) is 0 Å². The van der Waals surface area contributed by atoms with E-state index in [0.717, 1.165) is 25.7 Å². The van der Waals surface area contributed by atoms with Gasteiger partial charge in [0, 0.05) is 11.1 Å². The van der Waals surface area contributed by atoms with Crippen molar-refractivity contribution >= 4 is 11.6 Å². The van der Waals surface area contributed by atoms with Crippen LogP contribution in [0.1, 0.15) is 45.1 Å². The number of hydrogen-bond donors (Lipinski definition) is 0. The Labute approximate surface area is 151 Å². The number of ether oxygens (including phenoxy) is 1. The first-order valence-electron chi connectivity index (χ1n) is 8.59. The third kappa shape index (κ3) is 4.49. The van der Waals surface area contributed by atoms with Crippen LogP contribution in [-0.4, -0.2) is 6.61 Å². The Morgan fingerprint density at radius 3 is 2.20 bits per heavy atom. The normalized spacial score (nSPS) is 11.0. The molecule has 136 valence electrons. The highest BCUT2D eigenvalue weighted by Gasteiger charge is 2.20. The van der Waals surface area contributed by atoms with Gasteiger partial charge < -0.3 is 4.74 Å². The summed E-state index contributed by atoms with van der Waals surface area (Å²) in [5.74, 6) is -3.14. The summed E-state index contributed by atoms with van der Waals surface area (Å²) in [7, 11) is 0. The number of unbranched alkanes of at least 4 members (excludes halogenated alkanes) is 3. The number of aryl methyl sites for hydroxylation is 1. The van der Waals surface area contributed by atoms with Gasteiger partial charge in [0.25, 0.3) is 0 Å². The van der Waals surface area contributed by atoms with Crippen molar-refractivity contribution in [3.63, 3.8) is 0 Å². The number of halogens is 4. The third-order valence-electron chi connectivity index (χ3n) is 4.14. The van der Waals surface area contributed by atoms with Crippen LogP contribution in [0.5, 0.6) is 5.75 Å². The first kappa shape index (κ1) is 19.6. The predicted octanol–water partition coefficient (Wildman–Crippen LogP) is 6.95. The Hall–Kier alpha value is -1.68. The Morgan fingerprint density at radius 1 is 0.840 bits per heavy atom. The first-order chi connectivity index (χ1) is 12.0. The van der Waals surface area contributed by atoms with Gasteiger partial charge in [0.1, 0.15) is 5.82 Å². The van der Waals surface area contributed by atoms with Gasteiger partial charge in [-0.2, -0.15) is 4.39 Å². The molecule has 0 aliphatic rings. The van der Waals surface area contributed by atoms with E-state index in [-0.39, 0.29) is 21.9 Å². The molecule has 2 rings (SSSR count).